The molecule has 1 aromatic carbocycles. The van der Waals surface area contributed by atoms with Gasteiger partial charge < -0.3 is 10.5 Å². The van der Waals surface area contributed by atoms with Crippen LogP contribution in [0, 0.1) is 11.6 Å². The highest BCUT2D eigenvalue weighted by molar-refractivity contribution is 6.31. The van der Waals surface area contributed by atoms with E-state index in [0.717, 1.165) is 12.1 Å². The van der Waals surface area contributed by atoms with Crippen molar-refractivity contribution in [3.63, 3.8) is 0 Å². The van der Waals surface area contributed by atoms with Crippen molar-refractivity contribution in [1.29, 1.82) is 0 Å². The van der Waals surface area contributed by atoms with Crippen molar-refractivity contribution < 1.29 is 18.3 Å². The molecule has 0 fully saturated rings. The SMILES string of the molecule is COC(=O)C[C@@H](N)c1c(F)ccc(F)c1Cl. The zero-order chi connectivity index (χ0) is 12.3. The van der Waals surface area contributed by atoms with Gasteiger partial charge in [0, 0.05) is 11.6 Å². The minimum absolute atomic E-state index is 0.216. The third kappa shape index (κ3) is 2.68. The molecule has 2 N–H and O–H groups in total. The molecule has 1 aromatic rings. The molecule has 0 unspecified atom stereocenters. The van der Waals surface area contributed by atoms with Crippen molar-refractivity contribution >= 4 is 17.6 Å². The van der Waals surface area contributed by atoms with Gasteiger partial charge in [0.1, 0.15) is 11.6 Å². The van der Waals surface area contributed by atoms with Crippen LogP contribution in [0.5, 0.6) is 0 Å². The number of nitrogens with two attached hydrogens (primary N) is 1. The number of carbonyl (C=O) groups excluding carboxylic acids is 1. The van der Waals surface area contributed by atoms with Gasteiger partial charge in [-0.3, -0.25) is 4.79 Å². The Morgan fingerprint density at radius 3 is 2.62 bits per heavy atom. The number of ether oxygens (including phenoxy) is 1. The van der Waals surface area contributed by atoms with Crippen LogP contribution in [0.4, 0.5) is 8.78 Å². The van der Waals surface area contributed by atoms with E-state index in [9.17, 15) is 13.6 Å². The molecule has 0 saturated carbocycles. The normalized spacial score (nSPS) is 12.3. The minimum Gasteiger partial charge on any atom is -0.469 e. The summed E-state index contributed by atoms with van der Waals surface area (Å²) in [4.78, 5) is 10.9. The van der Waals surface area contributed by atoms with Crippen LogP contribution in [-0.2, 0) is 9.53 Å². The fraction of sp³-hybridized carbons (Fsp3) is 0.300. The predicted octanol–water partition coefficient (Wildman–Crippen LogP) is 2.18. The highest BCUT2D eigenvalue weighted by atomic mass is 35.5. The monoisotopic (exact) mass is 249 g/mol. The minimum atomic E-state index is -1.03. The largest absolute Gasteiger partial charge is 0.469 e. The van der Waals surface area contributed by atoms with Gasteiger partial charge in [-0.1, -0.05) is 11.6 Å². The summed E-state index contributed by atoms with van der Waals surface area (Å²) >= 11 is 5.57. The van der Waals surface area contributed by atoms with Crippen LogP contribution in [0.3, 0.4) is 0 Å². The quantitative estimate of drug-likeness (QED) is 0.660. The summed E-state index contributed by atoms with van der Waals surface area (Å²) in [5, 5.41) is -0.406. The van der Waals surface area contributed by atoms with E-state index in [1.165, 1.54) is 7.11 Å². The molecule has 0 aliphatic carbocycles. The lowest BCUT2D eigenvalue weighted by Crippen LogP contribution is -2.18. The van der Waals surface area contributed by atoms with E-state index in [0.29, 0.717) is 0 Å². The maximum absolute atomic E-state index is 13.4. The molecule has 0 saturated heterocycles. The fourth-order valence-electron chi connectivity index (χ4n) is 1.25. The average Bonchev–Trinajstić information content (AvgIpc) is 2.24. The lowest BCUT2D eigenvalue weighted by Gasteiger charge is -2.13. The number of carbonyl (C=O) groups is 1. The van der Waals surface area contributed by atoms with E-state index in [1.807, 2.05) is 0 Å². The van der Waals surface area contributed by atoms with E-state index >= 15 is 0 Å². The summed E-state index contributed by atoms with van der Waals surface area (Å²) in [5.41, 5.74) is 5.33. The molecule has 0 aromatic heterocycles. The van der Waals surface area contributed by atoms with Gasteiger partial charge in [-0.25, -0.2) is 8.78 Å². The Morgan fingerprint density at radius 1 is 1.50 bits per heavy atom. The van der Waals surface area contributed by atoms with Crippen LogP contribution >= 0.6 is 11.6 Å². The van der Waals surface area contributed by atoms with Gasteiger partial charge in [-0.15, -0.1) is 0 Å². The number of methoxy groups -OCH3 is 1. The molecular formula is C10H10ClF2NO2. The number of halogens is 3. The summed E-state index contributed by atoms with van der Waals surface area (Å²) in [5.74, 6) is -2.14. The third-order valence-electron chi connectivity index (χ3n) is 2.06. The van der Waals surface area contributed by atoms with E-state index in [4.69, 9.17) is 17.3 Å². The van der Waals surface area contributed by atoms with Crippen molar-refractivity contribution in [2.24, 2.45) is 5.73 Å². The molecule has 6 heteroatoms. The van der Waals surface area contributed by atoms with Crippen LogP contribution in [0.1, 0.15) is 18.0 Å². The Bertz CT molecular complexity index is 412. The average molecular weight is 250 g/mol. The molecule has 0 spiro atoms. The number of esters is 1. The van der Waals surface area contributed by atoms with Crippen molar-refractivity contribution in [3.05, 3.63) is 34.4 Å². The molecule has 1 atom stereocenters. The molecule has 0 amide bonds. The van der Waals surface area contributed by atoms with Crippen LogP contribution in [0.25, 0.3) is 0 Å². The van der Waals surface area contributed by atoms with E-state index in [1.54, 1.807) is 0 Å². The third-order valence-corrected chi connectivity index (χ3v) is 2.45. The molecule has 3 nitrogen and oxygen atoms in total. The Morgan fingerprint density at radius 2 is 2.06 bits per heavy atom. The van der Waals surface area contributed by atoms with E-state index < -0.39 is 28.7 Å². The number of rotatable bonds is 3. The Hall–Kier alpha value is -1.20. The van der Waals surface area contributed by atoms with Crippen molar-refractivity contribution in [2.75, 3.05) is 7.11 Å². The van der Waals surface area contributed by atoms with E-state index in [-0.39, 0.29) is 12.0 Å². The molecule has 0 radical (unpaired) electrons. The zero-order valence-corrected chi connectivity index (χ0v) is 9.22. The molecule has 0 heterocycles. The lowest BCUT2D eigenvalue weighted by molar-refractivity contribution is -0.141. The molecule has 1 rings (SSSR count). The summed E-state index contributed by atoms with van der Waals surface area (Å²) in [6.07, 6.45) is -0.267. The Kier molecular flexibility index (Phi) is 4.20. The summed E-state index contributed by atoms with van der Waals surface area (Å²) < 4.78 is 30.8. The van der Waals surface area contributed by atoms with Gasteiger partial charge >= 0.3 is 5.97 Å². The standard InChI is InChI=1S/C10H10ClF2NO2/c1-16-8(15)4-7(14)9-5(12)2-3-6(13)10(9)11/h2-3,7H,4,14H2,1H3/t7-/m1/s1. The van der Waals surface area contributed by atoms with Crippen LogP contribution in [0.15, 0.2) is 12.1 Å². The first-order valence-corrected chi connectivity index (χ1v) is 4.81. The van der Waals surface area contributed by atoms with Gasteiger partial charge in [0.05, 0.1) is 18.6 Å². The molecule has 88 valence electrons. The van der Waals surface area contributed by atoms with Crippen molar-refractivity contribution in [1.82, 2.24) is 0 Å². The van der Waals surface area contributed by atoms with Crippen molar-refractivity contribution in [3.8, 4) is 0 Å². The molecule has 0 aliphatic heterocycles. The number of benzene rings is 1. The van der Waals surface area contributed by atoms with Crippen LogP contribution in [-0.4, -0.2) is 13.1 Å². The van der Waals surface area contributed by atoms with Gasteiger partial charge in [-0.2, -0.15) is 0 Å². The van der Waals surface area contributed by atoms with Crippen LogP contribution in [0.2, 0.25) is 5.02 Å². The van der Waals surface area contributed by atoms with Gasteiger partial charge in [0.15, 0.2) is 0 Å². The first kappa shape index (κ1) is 12.9. The maximum Gasteiger partial charge on any atom is 0.307 e. The predicted molar refractivity (Wildman–Crippen MR) is 54.9 cm³/mol. The molecule has 0 aliphatic rings. The first-order valence-electron chi connectivity index (χ1n) is 4.43. The first-order chi connectivity index (χ1) is 7.47. The van der Waals surface area contributed by atoms with Crippen LogP contribution < -0.4 is 5.73 Å². The highest BCUT2D eigenvalue weighted by Crippen LogP contribution is 2.28. The zero-order valence-electron chi connectivity index (χ0n) is 8.47. The number of hydrogen-bond donors (Lipinski definition) is 1. The summed E-state index contributed by atoms with van der Waals surface area (Å²) in [6.45, 7) is 0. The molecule has 0 bridgehead atoms. The number of hydrogen-bond acceptors (Lipinski definition) is 3. The van der Waals surface area contributed by atoms with Gasteiger partial charge in [0.25, 0.3) is 0 Å². The summed E-state index contributed by atoms with van der Waals surface area (Å²) in [7, 11) is 1.18. The second-order valence-electron chi connectivity index (χ2n) is 3.14. The van der Waals surface area contributed by atoms with E-state index in [2.05, 4.69) is 4.74 Å². The van der Waals surface area contributed by atoms with Gasteiger partial charge in [0.2, 0.25) is 0 Å². The van der Waals surface area contributed by atoms with Gasteiger partial charge in [-0.05, 0) is 12.1 Å². The second kappa shape index (κ2) is 5.23. The van der Waals surface area contributed by atoms with Crippen molar-refractivity contribution in [2.45, 2.75) is 12.5 Å². The second-order valence-corrected chi connectivity index (χ2v) is 3.52. The molecular weight excluding hydrogens is 240 g/mol. The topological polar surface area (TPSA) is 52.3 Å². The lowest BCUT2D eigenvalue weighted by atomic mass is 10.0. The Labute approximate surface area is 96.1 Å². The molecule has 16 heavy (non-hydrogen) atoms. The fourth-order valence-corrected chi connectivity index (χ4v) is 1.54. The smallest absolute Gasteiger partial charge is 0.307 e. The summed E-state index contributed by atoms with van der Waals surface area (Å²) in [6, 6.07) is 0.773. The Balaban J connectivity index is 3.03. The maximum atomic E-state index is 13.4. The highest BCUT2D eigenvalue weighted by Gasteiger charge is 2.21.